The molecule has 1 saturated heterocycles. The number of likely N-dealkylation sites (N-methyl/N-ethyl adjacent to an activating group) is 1. The van der Waals surface area contributed by atoms with Crippen LogP contribution in [0.15, 0.2) is 18.3 Å². The number of carbonyl (C=O) groups is 2. The summed E-state index contributed by atoms with van der Waals surface area (Å²) in [6.07, 6.45) is 2.40. The summed E-state index contributed by atoms with van der Waals surface area (Å²) in [5.41, 5.74) is 1.38. The first-order valence-electron chi connectivity index (χ1n) is 6.42. The Kier molecular flexibility index (Phi) is 4.27. The Balaban J connectivity index is 2.19. The van der Waals surface area contributed by atoms with E-state index in [1.807, 2.05) is 20.0 Å². The maximum atomic E-state index is 12.0. The van der Waals surface area contributed by atoms with Gasteiger partial charge in [-0.1, -0.05) is 6.07 Å². The average Bonchev–Trinajstić information content (AvgIpc) is 2.81. The monoisotopic (exact) mass is 262 g/mol. The van der Waals surface area contributed by atoms with Gasteiger partial charge in [0.25, 0.3) is 0 Å². The van der Waals surface area contributed by atoms with Gasteiger partial charge in [0.15, 0.2) is 6.29 Å². The summed E-state index contributed by atoms with van der Waals surface area (Å²) in [4.78, 5) is 28.8. The van der Waals surface area contributed by atoms with E-state index < -0.39 is 0 Å². The van der Waals surface area contributed by atoms with Crippen LogP contribution in [0, 0.1) is 5.92 Å². The zero-order chi connectivity index (χ0) is 13.8. The molecule has 0 N–H and O–H groups in total. The zero-order valence-corrected chi connectivity index (χ0v) is 11.2. The predicted octanol–water partition coefficient (Wildman–Crippen LogP) is 1.10. The standard InChI is InChI=1S/C14H18N2O3/c1-3-19-14(18)13-8-16(2)7-12(13)10-4-5-11(9-17)15-6-10/h4-6,9,12-13H,3,7-8H2,1-2H3. The maximum Gasteiger partial charge on any atom is 0.310 e. The van der Waals surface area contributed by atoms with Crippen molar-refractivity contribution in [3.8, 4) is 0 Å². The zero-order valence-electron chi connectivity index (χ0n) is 11.2. The minimum Gasteiger partial charge on any atom is -0.466 e. The van der Waals surface area contributed by atoms with Crippen LogP contribution in [0.1, 0.15) is 28.9 Å². The molecule has 0 saturated carbocycles. The Morgan fingerprint density at radius 2 is 2.32 bits per heavy atom. The molecule has 1 aromatic heterocycles. The quantitative estimate of drug-likeness (QED) is 0.601. The number of nitrogens with zero attached hydrogens (tertiary/aromatic N) is 2. The number of aromatic nitrogens is 1. The molecule has 19 heavy (non-hydrogen) atoms. The number of hydrogen-bond acceptors (Lipinski definition) is 5. The molecule has 0 radical (unpaired) electrons. The molecule has 102 valence electrons. The van der Waals surface area contributed by atoms with E-state index >= 15 is 0 Å². The number of pyridine rings is 1. The van der Waals surface area contributed by atoms with Crippen LogP contribution in [-0.4, -0.2) is 48.9 Å². The summed E-state index contributed by atoms with van der Waals surface area (Å²) >= 11 is 0. The minimum absolute atomic E-state index is 0.0808. The van der Waals surface area contributed by atoms with E-state index in [1.54, 1.807) is 12.3 Å². The molecule has 1 aliphatic rings. The third-order valence-electron chi connectivity index (χ3n) is 3.45. The highest BCUT2D eigenvalue weighted by molar-refractivity contribution is 5.75. The SMILES string of the molecule is CCOC(=O)C1CN(C)CC1c1ccc(C=O)nc1. The fourth-order valence-corrected chi connectivity index (χ4v) is 2.53. The summed E-state index contributed by atoms with van der Waals surface area (Å²) < 4.78 is 5.13. The number of ether oxygens (including phenoxy) is 1. The van der Waals surface area contributed by atoms with Gasteiger partial charge in [0, 0.05) is 25.2 Å². The molecule has 0 spiro atoms. The fourth-order valence-electron chi connectivity index (χ4n) is 2.53. The van der Waals surface area contributed by atoms with Gasteiger partial charge < -0.3 is 9.64 Å². The molecule has 0 amide bonds. The molecule has 2 unspecified atom stereocenters. The Labute approximate surface area is 112 Å². The van der Waals surface area contributed by atoms with Crippen molar-refractivity contribution in [3.05, 3.63) is 29.6 Å². The van der Waals surface area contributed by atoms with Crippen LogP contribution >= 0.6 is 0 Å². The first kappa shape index (κ1) is 13.7. The Morgan fingerprint density at radius 3 is 2.89 bits per heavy atom. The van der Waals surface area contributed by atoms with Crippen molar-refractivity contribution in [2.24, 2.45) is 5.92 Å². The molecule has 0 aromatic carbocycles. The van der Waals surface area contributed by atoms with E-state index in [4.69, 9.17) is 4.74 Å². The number of hydrogen-bond donors (Lipinski definition) is 0. The van der Waals surface area contributed by atoms with Gasteiger partial charge in [0.05, 0.1) is 12.5 Å². The number of rotatable bonds is 4. The molecule has 1 aliphatic heterocycles. The maximum absolute atomic E-state index is 12.0. The highest BCUT2D eigenvalue weighted by Gasteiger charge is 2.38. The van der Waals surface area contributed by atoms with E-state index in [9.17, 15) is 9.59 Å². The topological polar surface area (TPSA) is 59.5 Å². The number of esters is 1. The van der Waals surface area contributed by atoms with Crippen LogP contribution in [0.3, 0.4) is 0 Å². The first-order valence-corrected chi connectivity index (χ1v) is 6.42. The van der Waals surface area contributed by atoms with Crippen molar-refractivity contribution in [1.82, 2.24) is 9.88 Å². The summed E-state index contributed by atoms with van der Waals surface area (Å²) in [5, 5.41) is 0. The van der Waals surface area contributed by atoms with E-state index in [0.717, 1.165) is 12.1 Å². The normalized spacial score (nSPS) is 23.3. The van der Waals surface area contributed by atoms with Crippen LogP contribution in [-0.2, 0) is 9.53 Å². The second-order valence-electron chi connectivity index (χ2n) is 4.82. The average molecular weight is 262 g/mol. The van der Waals surface area contributed by atoms with Crippen molar-refractivity contribution >= 4 is 12.3 Å². The fraction of sp³-hybridized carbons (Fsp3) is 0.500. The number of carbonyl (C=O) groups excluding carboxylic acids is 2. The Hall–Kier alpha value is -1.75. The van der Waals surface area contributed by atoms with Crippen molar-refractivity contribution in [2.75, 3.05) is 26.7 Å². The van der Waals surface area contributed by atoms with Crippen LogP contribution in [0.4, 0.5) is 0 Å². The van der Waals surface area contributed by atoms with Gasteiger partial charge in [-0.25, -0.2) is 0 Å². The smallest absolute Gasteiger partial charge is 0.310 e. The second-order valence-corrected chi connectivity index (χ2v) is 4.82. The lowest BCUT2D eigenvalue weighted by molar-refractivity contribution is -0.147. The van der Waals surface area contributed by atoms with Gasteiger partial charge in [0.1, 0.15) is 5.69 Å². The lowest BCUT2D eigenvalue weighted by Crippen LogP contribution is -2.24. The van der Waals surface area contributed by atoms with E-state index in [-0.39, 0.29) is 17.8 Å². The molecule has 5 heteroatoms. The third-order valence-corrected chi connectivity index (χ3v) is 3.45. The number of aldehydes is 1. The molecule has 0 aliphatic carbocycles. The van der Waals surface area contributed by atoms with Gasteiger partial charge >= 0.3 is 5.97 Å². The minimum atomic E-state index is -0.158. The van der Waals surface area contributed by atoms with Gasteiger partial charge in [0.2, 0.25) is 0 Å². The number of likely N-dealkylation sites (tertiary alicyclic amines) is 1. The van der Waals surface area contributed by atoms with Gasteiger partial charge in [-0.3, -0.25) is 14.6 Å². The van der Waals surface area contributed by atoms with Crippen LogP contribution in [0.5, 0.6) is 0 Å². The predicted molar refractivity (Wildman–Crippen MR) is 70.0 cm³/mol. The van der Waals surface area contributed by atoms with E-state index in [0.29, 0.717) is 25.1 Å². The molecule has 1 aromatic rings. The molecule has 2 atom stereocenters. The highest BCUT2D eigenvalue weighted by atomic mass is 16.5. The summed E-state index contributed by atoms with van der Waals surface area (Å²) in [6, 6.07) is 3.55. The van der Waals surface area contributed by atoms with Crippen LogP contribution in [0.2, 0.25) is 0 Å². The third kappa shape index (κ3) is 2.98. The molecule has 0 bridgehead atoms. The molecule has 2 heterocycles. The molecule has 5 nitrogen and oxygen atoms in total. The van der Waals surface area contributed by atoms with Gasteiger partial charge in [-0.05, 0) is 25.6 Å². The van der Waals surface area contributed by atoms with Crippen molar-refractivity contribution in [1.29, 1.82) is 0 Å². The van der Waals surface area contributed by atoms with E-state index in [2.05, 4.69) is 9.88 Å². The lowest BCUT2D eigenvalue weighted by atomic mass is 9.90. The second kappa shape index (κ2) is 5.93. The van der Waals surface area contributed by atoms with Crippen molar-refractivity contribution in [2.45, 2.75) is 12.8 Å². The highest BCUT2D eigenvalue weighted by Crippen LogP contribution is 2.32. The van der Waals surface area contributed by atoms with Crippen molar-refractivity contribution in [3.63, 3.8) is 0 Å². The van der Waals surface area contributed by atoms with Crippen molar-refractivity contribution < 1.29 is 14.3 Å². The Bertz CT molecular complexity index is 458. The summed E-state index contributed by atoms with van der Waals surface area (Å²) in [5.74, 6) is -0.234. The van der Waals surface area contributed by atoms with Gasteiger partial charge in [-0.15, -0.1) is 0 Å². The van der Waals surface area contributed by atoms with Crippen LogP contribution in [0.25, 0.3) is 0 Å². The summed E-state index contributed by atoms with van der Waals surface area (Å²) in [6.45, 7) is 3.70. The molecule has 1 fully saturated rings. The van der Waals surface area contributed by atoms with E-state index in [1.165, 1.54) is 0 Å². The van der Waals surface area contributed by atoms with Crippen LogP contribution < -0.4 is 0 Å². The molecular formula is C14H18N2O3. The van der Waals surface area contributed by atoms with Gasteiger partial charge in [-0.2, -0.15) is 0 Å². The molecular weight excluding hydrogens is 244 g/mol. The largest absolute Gasteiger partial charge is 0.466 e. The molecule has 2 rings (SSSR count). The lowest BCUT2D eigenvalue weighted by Gasteiger charge is -2.17. The Morgan fingerprint density at radius 1 is 1.53 bits per heavy atom. The first-order chi connectivity index (χ1) is 9.15. The summed E-state index contributed by atoms with van der Waals surface area (Å²) in [7, 11) is 1.99.